The Morgan fingerprint density at radius 2 is 1.04 bits per heavy atom. The highest BCUT2D eigenvalue weighted by Crippen LogP contribution is 2.50. The lowest BCUT2D eigenvalue weighted by Gasteiger charge is -2.18. The van der Waals surface area contributed by atoms with Crippen LogP contribution in [0.4, 0.5) is 0 Å². The number of phosphoric acid groups is 1. The summed E-state index contributed by atoms with van der Waals surface area (Å²) in [5, 5.41) is 0. The van der Waals surface area contributed by atoms with Gasteiger partial charge in [0.05, 0.1) is 0 Å². The lowest BCUT2D eigenvalue weighted by molar-refractivity contribution is -0.229. The quantitative estimate of drug-likeness (QED) is 0.252. The molecule has 0 bridgehead atoms. The van der Waals surface area contributed by atoms with Crippen LogP contribution in [0.1, 0.15) is 22.3 Å². The maximum absolute atomic E-state index is 13.2. The second kappa shape index (κ2) is 9.07. The molecule has 3 aromatic carbocycles. The average molecular weight is 398 g/mol. The normalized spacial score (nSPS) is 11.2. The summed E-state index contributed by atoms with van der Waals surface area (Å²) in [6.07, 6.45) is 0. The van der Waals surface area contributed by atoms with E-state index in [1.807, 2.05) is 69.3 Å². The fraction of sp³-hybridized carbons (Fsp3) is 0.182. The molecule has 0 saturated heterocycles. The van der Waals surface area contributed by atoms with Crippen molar-refractivity contribution >= 4 is 7.82 Å². The van der Waals surface area contributed by atoms with Crippen molar-refractivity contribution in [1.82, 2.24) is 0 Å². The molecule has 0 atom stereocenters. The largest absolute Gasteiger partial charge is 0.615 e. The van der Waals surface area contributed by atoms with Gasteiger partial charge in [0.2, 0.25) is 0 Å². The summed E-state index contributed by atoms with van der Waals surface area (Å²) in [7, 11) is -4.06. The van der Waals surface area contributed by atoms with E-state index in [0.717, 1.165) is 22.3 Å². The summed E-state index contributed by atoms with van der Waals surface area (Å²) < 4.78 is 29.4. The monoisotopic (exact) mass is 398 g/mol. The van der Waals surface area contributed by atoms with Gasteiger partial charge in [0.25, 0.3) is 0 Å². The third kappa shape index (κ3) is 5.96. The van der Waals surface area contributed by atoms with Gasteiger partial charge < -0.3 is 9.05 Å². The maximum Gasteiger partial charge on any atom is 0.615 e. The van der Waals surface area contributed by atoms with Gasteiger partial charge in [0.1, 0.15) is 18.1 Å². The molecule has 3 rings (SSSR count). The summed E-state index contributed by atoms with van der Waals surface area (Å²) in [6.45, 7) is 6.01. The number of benzene rings is 3. The van der Waals surface area contributed by atoms with Crippen molar-refractivity contribution in [3.8, 4) is 11.5 Å². The number of hydrogen-bond acceptors (Lipinski definition) is 5. The zero-order valence-corrected chi connectivity index (χ0v) is 17.0. The van der Waals surface area contributed by atoms with Crippen LogP contribution in [-0.2, 0) is 20.7 Å². The van der Waals surface area contributed by atoms with E-state index < -0.39 is 7.82 Å². The first-order valence-corrected chi connectivity index (χ1v) is 10.4. The first kappa shape index (κ1) is 20.2. The molecule has 5 nitrogen and oxygen atoms in total. The van der Waals surface area contributed by atoms with Gasteiger partial charge >= 0.3 is 7.82 Å². The lowest BCUT2D eigenvalue weighted by Crippen LogP contribution is -2.06. The second-order valence-corrected chi connectivity index (χ2v) is 7.99. The molecule has 0 amide bonds. The highest BCUT2D eigenvalue weighted by Gasteiger charge is 2.33. The molecular formula is C22H23O5P. The fourth-order valence-electron chi connectivity index (χ4n) is 2.35. The van der Waals surface area contributed by atoms with Gasteiger partial charge in [-0.25, -0.2) is 9.45 Å². The fourth-order valence-corrected chi connectivity index (χ4v) is 3.39. The molecule has 3 aromatic rings. The Hall–Kier alpha value is -2.59. The van der Waals surface area contributed by atoms with E-state index in [4.69, 9.17) is 18.6 Å². The standard InChI is InChI=1S/C22H23O5P/c1-17-4-10-20(11-5-17)16-24-27-28(23,25-21-12-6-18(2)7-13-21)26-22-14-8-19(3)9-15-22/h4-15H,16H2,1-3H3. The van der Waals surface area contributed by atoms with E-state index in [1.54, 1.807) is 24.3 Å². The van der Waals surface area contributed by atoms with Crippen LogP contribution in [0.25, 0.3) is 0 Å². The Kier molecular flexibility index (Phi) is 6.53. The minimum Gasteiger partial charge on any atom is -0.394 e. The summed E-state index contributed by atoms with van der Waals surface area (Å²) in [5.41, 5.74) is 4.12. The van der Waals surface area contributed by atoms with Gasteiger partial charge in [-0.15, -0.1) is 4.67 Å². The Morgan fingerprint density at radius 3 is 1.46 bits per heavy atom. The Bertz CT molecular complexity index is 883. The molecule has 0 aromatic heterocycles. The van der Waals surface area contributed by atoms with Crippen LogP contribution in [0.15, 0.2) is 72.8 Å². The molecular weight excluding hydrogens is 375 g/mol. The molecule has 0 aliphatic carbocycles. The van der Waals surface area contributed by atoms with E-state index in [-0.39, 0.29) is 6.61 Å². The van der Waals surface area contributed by atoms with Gasteiger partial charge in [0.15, 0.2) is 0 Å². The van der Waals surface area contributed by atoms with Crippen LogP contribution in [0.5, 0.6) is 11.5 Å². The van der Waals surface area contributed by atoms with Crippen molar-refractivity contribution in [3.05, 3.63) is 95.1 Å². The Labute approximate surface area is 165 Å². The van der Waals surface area contributed by atoms with Crippen molar-refractivity contribution < 1.29 is 23.2 Å². The molecule has 0 heterocycles. The summed E-state index contributed by atoms with van der Waals surface area (Å²) >= 11 is 0. The summed E-state index contributed by atoms with van der Waals surface area (Å²) in [6, 6.07) is 21.9. The number of phosphoric ester groups is 1. The van der Waals surface area contributed by atoms with Gasteiger partial charge in [-0.05, 0) is 50.6 Å². The molecule has 0 saturated carbocycles. The summed E-state index contributed by atoms with van der Waals surface area (Å²) in [5.74, 6) is 0.722. The highest BCUT2D eigenvalue weighted by molar-refractivity contribution is 7.49. The van der Waals surface area contributed by atoms with Crippen molar-refractivity contribution in [1.29, 1.82) is 0 Å². The third-order valence-corrected chi connectivity index (χ3v) is 5.12. The zero-order chi connectivity index (χ0) is 20.0. The van der Waals surface area contributed by atoms with Crippen LogP contribution in [0.2, 0.25) is 0 Å². The minimum atomic E-state index is -4.06. The van der Waals surface area contributed by atoms with E-state index in [0.29, 0.717) is 11.5 Å². The van der Waals surface area contributed by atoms with Gasteiger partial charge in [-0.3, -0.25) is 0 Å². The third-order valence-electron chi connectivity index (χ3n) is 3.97. The average Bonchev–Trinajstić information content (AvgIpc) is 2.67. The van der Waals surface area contributed by atoms with Crippen LogP contribution in [-0.4, -0.2) is 0 Å². The van der Waals surface area contributed by atoms with Crippen molar-refractivity contribution in [3.63, 3.8) is 0 Å². The molecule has 146 valence electrons. The molecule has 0 radical (unpaired) electrons. The smallest absolute Gasteiger partial charge is 0.394 e. The number of aryl methyl sites for hydroxylation is 3. The van der Waals surface area contributed by atoms with E-state index in [1.165, 1.54) is 0 Å². The molecule has 0 unspecified atom stereocenters. The second-order valence-electron chi connectivity index (χ2n) is 6.58. The van der Waals surface area contributed by atoms with Crippen LogP contribution in [0.3, 0.4) is 0 Å². The Balaban J connectivity index is 1.72. The molecule has 28 heavy (non-hydrogen) atoms. The molecule has 0 N–H and O–H groups in total. The number of hydrogen-bond donors (Lipinski definition) is 0. The van der Waals surface area contributed by atoms with Crippen molar-refractivity contribution in [2.45, 2.75) is 27.4 Å². The molecule has 0 aliphatic rings. The molecule has 0 aliphatic heterocycles. The number of rotatable bonds is 8. The van der Waals surface area contributed by atoms with Crippen LogP contribution in [0, 0.1) is 20.8 Å². The molecule has 0 spiro atoms. The Morgan fingerprint density at radius 1 is 0.643 bits per heavy atom. The van der Waals surface area contributed by atoms with Gasteiger partial charge in [0, 0.05) is 0 Å². The van der Waals surface area contributed by atoms with E-state index >= 15 is 0 Å². The SMILES string of the molecule is Cc1ccc(COOP(=O)(Oc2ccc(C)cc2)Oc2ccc(C)cc2)cc1. The predicted octanol–water partition coefficient (Wildman–Crippen LogP) is 6.33. The lowest BCUT2D eigenvalue weighted by atomic mass is 10.2. The van der Waals surface area contributed by atoms with E-state index in [9.17, 15) is 4.57 Å². The molecule has 0 fully saturated rings. The van der Waals surface area contributed by atoms with E-state index in [2.05, 4.69) is 0 Å². The van der Waals surface area contributed by atoms with Crippen molar-refractivity contribution in [2.24, 2.45) is 0 Å². The molecule has 6 heteroatoms. The van der Waals surface area contributed by atoms with Gasteiger partial charge in [-0.1, -0.05) is 65.2 Å². The van der Waals surface area contributed by atoms with Crippen LogP contribution < -0.4 is 9.05 Å². The topological polar surface area (TPSA) is 54.0 Å². The minimum absolute atomic E-state index is 0.110. The summed E-state index contributed by atoms with van der Waals surface area (Å²) in [4.78, 5) is 5.20. The first-order valence-electron chi connectivity index (χ1n) is 8.91. The van der Waals surface area contributed by atoms with Crippen molar-refractivity contribution in [2.75, 3.05) is 0 Å². The van der Waals surface area contributed by atoms with Gasteiger partial charge in [-0.2, -0.15) is 0 Å². The predicted molar refractivity (Wildman–Crippen MR) is 108 cm³/mol. The highest BCUT2D eigenvalue weighted by atomic mass is 31.2. The maximum atomic E-state index is 13.2. The first-order chi connectivity index (χ1) is 13.4. The zero-order valence-electron chi connectivity index (χ0n) is 16.1. The van der Waals surface area contributed by atoms with Crippen LogP contribution >= 0.6 is 7.82 Å².